The first-order valence-electron chi connectivity index (χ1n) is 9.50. The lowest BCUT2D eigenvalue weighted by atomic mass is 9.99. The van der Waals surface area contributed by atoms with Gasteiger partial charge in [-0.05, 0) is 62.2 Å². The van der Waals surface area contributed by atoms with Crippen LogP contribution in [-0.2, 0) is 7.05 Å². The van der Waals surface area contributed by atoms with E-state index in [0.29, 0.717) is 17.4 Å². The van der Waals surface area contributed by atoms with Gasteiger partial charge in [0.25, 0.3) is 5.91 Å². The quantitative estimate of drug-likeness (QED) is 0.732. The largest absolute Gasteiger partial charge is 0.349 e. The van der Waals surface area contributed by atoms with Crippen LogP contribution in [0.2, 0.25) is 0 Å². The van der Waals surface area contributed by atoms with Crippen molar-refractivity contribution in [2.75, 3.05) is 13.1 Å². The summed E-state index contributed by atoms with van der Waals surface area (Å²) in [6.07, 6.45) is 2.29. The normalized spacial score (nSPS) is 24.4. The molecule has 2 bridgehead atoms. The molecule has 1 saturated heterocycles. The molecule has 3 aromatic rings. The van der Waals surface area contributed by atoms with Crippen LogP contribution >= 0.6 is 11.3 Å². The Balaban J connectivity index is 1.55. The number of rotatable bonds is 3. The van der Waals surface area contributed by atoms with Crippen molar-refractivity contribution in [2.24, 2.45) is 18.9 Å². The summed E-state index contributed by atoms with van der Waals surface area (Å²) in [6.45, 7) is 4.02. The number of aryl methyl sites for hydroxylation is 2. The number of carbonyl (C=O) groups excluding carboxylic acids is 1. The van der Waals surface area contributed by atoms with Crippen LogP contribution in [-0.4, -0.2) is 39.8 Å². The molecule has 0 unspecified atom stereocenters. The molecular weight excluding hydrogens is 358 g/mol. The van der Waals surface area contributed by atoms with Gasteiger partial charge in [-0.25, -0.2) is 4.98 Å². The van der Waals surface area contributed by atoms with Gasteiger partial charge in [0.2, 0.25) is 0 Å². The Bertz CT molecular complexity index is 1010. The Hall–Kier alpha value is -2.25. The zero-order valence-corrected chi connectivity index (χ0v) is 16.3. The first kappa shape index (κ1) is 16.9. The lowest BCUT2D eigenvalue weighted by molar-refractivity contribution is 0.0930. The van der Waals surface area contributed by atoms with Gasteiger partial charge in [-0.1, -0.05) is 6.07 Å². The molecule has 6 nitrogen and oxygen atoms in total. The third-order valence-corrected chi connectivity index (χ3v) is 6.83. The molecule has 1 amide bonds. The lowest BCUT2D eigenvalue weighted by Crippen LogP contribution is -2.40. The monoisotopic (exact) mass is 381 g/mol. The van der Waals surface area contributed by atoms with Crippen molar-refractivity contribution in [1.82, 2.24) is 25.4 Å². The number of pyridine rings is 1. The molecule has 5 rings (SSSR count). The van der Waals surface area contributed by atoms with Crippen LogP contribution in [0.1, 0.15) is 28.9 Å². The second-order valence-electron chi connectivity index (χ2n) is 7.78. The van der Waals surface area contributed by atoms with Gasteiger partial charge in [0, 0.05) is 13.1 Å². The number of piperidine rings is 1. The Labute approximate surface area is 162 Å². The van der Waals surface area contributed by atoms with Gasteiger partial charge in [0.05, 0.1) is 27.2 Å². The van der Waals surface area contributed by atoms with Gasteiger partial charge >= 0.3 is 0 Å². The van der Waals surface area contributed by atoms with Gasteiger partial charge in [-0.3, -0.25) is 9.48 Å². The van der Waals surface area contributed by atoms with Gasteiger partial charge in [0.15, 0.2) is 5.65 Å². The average Bonchev–Trinajstić information content (AvgIpc) is 3.35. The van der Waals surface area contributed by atoms with Crippen LogP contribution in [0.5, 0.6) is 0 Å². The Kier molecular flexibility index (Phi) is 4.02. The molecular formula is C20H23N5OS. The number of hydrogen-bond donors (Lipinski definition) is 2. The van der Waals surface area contributed by atoms with E-state index in [4.69, 9.17) is 4.98 Å². The van der Waals surface area contributed by atoms with Crippen LogP contribution in [0, 0.1) is 18.8 Å². The molecule has 1 aliphatic carbocycles. The van der Waals surface area contributed by atoms with Gasteiger partial charge < -0.3 is 10.6 Å². The maximum Gasteiger partial charge on any atom is 0.252 e. The van der Waals surface area contributed by atoms with Crippen molar-refractivity contribution in [2.45, 2.75) is 25.8 Å². The second kappa shape index (κ2) is 6.42. The predicted octanol–water partition coefficient (Wildman–Crippen LogP) is 2.73. The number of nitrogens with zero attached hydrogens (tertiary/aromatic N) is 3. The highest BCUT2D eigenvalue weighted by molar-refractivity contribution is 7.13. The Morgan fingerprint density at radius 3 is 3.04 bits per heavy atom. The molecule has 1 saturated carbocycles. The van der Waals surface area contributed by atoms with Crippen molar-refractivity contribution < 1.29 is 4.79 Å². The first-order chi connectivity index (χ1) is 13.1. The van der Waals surface area contributed by atoms with E-state index in [9.17, 15) is 4.79 Å². The zero-order chi connectivity index (χ0) is 18.5. The summed E-state index contributed by atoms with van der Waals surface area (Å²) in [5, 5.41) is 14.2. The summed E-state index contributed by atoms with van der Waals surface area (Å²) < 4.78 is 1.77. The third-order valence-electron chi connectivity index (χ3n) is 5.94. The molecule has 140 valence electrons. The summed E-state index contributed by atoms with van der Waals surface area (Å²) in [6, 6.07) is 6.22. The summed E-state index contributed by atoms with van der Waals surface area (Å²) in [5.41, 5.74) is 3.12. The summed E-state index contributed by atoms with van der Waals surface area (Å²) in [7, 11) is 1.88. The van der Waals surface area contributed by atoms with Crippen LogP contribution in [0.25, 0.3) is 21.6 Å². The van der Waals surface area contributed by atoms with Crippen molar-refractivity contribution in [1.29, 1.82) is 0 Å². The van der Waals surface area contributed by atoms with Crippen LogP contribution < -0.4 is 10.6 Å². The molecule has 2 N–H and O–H groups in total. The highest BCUT2D eigenvalue weighted by Crippen LogP contribution is 2.34. The summed E-state index contributed by atoms with van der Waals surface area (Å²) in [4.78, 5) is 19.1. The van der Waals surface area contributed by atoms with E-state index in [1.807, 2.05) is 37.6 Å². The first-order valence-corrected chi connectivity index (χ1v) is 10.4. The smallest absolute Gasteiger partial charge is 0.252 e. The Morgan fingerprint density at radius 2 is 2.26 bits per heavy atom. The van der Waals surface area contributed by atoms with Crippen molar-refractivity contribution >= 4 is 28.3 Å². The maximum absolute atomic E-state index is 13.3. The van der Waals surface area contributed by atoms with Crippen molar-refractivity contribution in [3.8, 4) is 10.6 Å². The molecule has 1 aliphatic heterocycles. The van der Waals surface area contributed by atoms with Gasteiger partial charge in [0.1, 0.15) is 0 Å². The molecule has 3 atom stereocenters. The minimum absolute atomic E-state index is 0.00569. The molecule has 0 radical (unpaired) electrons. The lowest BCUT2D eigenvalue weighted by Gasteiger charge is -2.22. The third kappa shape index (κ3) is 2.85. The predicted molar refractivity (Wildman–Crippen MR) is 107 cm³/mol. The van der Waals surface area contributed by atoms with E-state index >= 15 is 0 Å². The highest BCUT2D eigenvalue weighted by Gasteiger charge is 2.38. The topological polar surface area (TPSA) is 71.8 Å². The molecule has 0 aromatic carbocycles. The van der Waals surface area contributed by atoms with E-state index in [1.165, 1.54) is 6.42 Å². The number of hydrogen-bond acceptors (Lipinski definition) is 5. The van der Waals surface area contributed by atoms with Gasteiger partial charge in [-0.15, -0.1) is 11.3 Å². The summed E-state index contributed by atoms with van der Waals surface area (Å²) in [5.74, 6) is 1.22. The SMILES string of the molecule is Cc1nn(C)c2nc(-c3cccs3)cc(C(=O)N[C@@H]3C[C@H]4CNC[C@@H]3C4)c12. The average molecular weight is 382 g/mol. The number of fused-ring (bicyclic) bond motifs is 3. The molecule has 0 spiro atoms. The minimum atomic E-state index is -0.00569. The van der Waals surface area contributed by atoms with Crippen molar-refractivity contribution in [3.05, 3.63) is 34.8 Å². The van der Waals surface area contributed by atoms with E-state index < -0.39 is 0 Å². The molecule has 27 heavy (non-hydrogen) atoms. The van der Waals surface area contributed by atoms with E-state index in [2.05, 4.69) is 15.7 Å². The molecule has 4 heterocycles. The number of thiophene rings is 1. The van der Waals surface area contributed by atoms with Crippen LogP contribution in [0.3, 0.4) is 0 Å². The fourth-order valence-electron chi connectivity index (χ4n) is 4.70. The van der Waals surface area contributed by atoms with Gasteiger partial charge in [-0.2, -0.15) is 5.10 Å². The zero-order valence-electron chi connectivity index (χ0n) is 15.5. The molecule has 2 aliphatic rings. The maximum atomic E-state index is 13.3. The van der Waals surface area contributed by atoms with Crippen LogP contribution in [0.15, 0.2) is 23.6 Å². The molecule has 2 fully saturated rings. The number of nitrogens with one attached hydrogen (secondary N) is 2. The fourth-order valence-corrected chi connectivity index (χ4v) is 5.39. The van der Waals surface area contributed by atoms with E-state index in [-0.39, 0.29) is 11.9 Å². The second-order valence-corrected chi connectivity index (χ2v) is 8.72. The standard InChI is InChI=1S/C20H23N5OS/c1-11-18-14(20(26)23-15-7-12-6-13(15)10-21-9-12)8-16(17-4-3-5-27-17)22-19(18)25(2)24-11/h3-5,8,12-13,15,21H,6-7,9-10H2,1-2H3,(H,23,26)/t12-,13-,15+/m0/s1. The highest BCUT2D eigenvalue weighted by atomic mass is 32.1. The number of amides is 1. The molecule has 3 aromatic heterocycles. The number of carbonyl (C=O) groups is 1. The fraction of sp³-hybridized carbons (Fsp3) is 0.450. The minimum Gasteiger partial charge on any atom is -0.349 e. The van der Waals surface area contributed by atoms with Crippen molar-refractivity contribution in [3.63, 3.8) is 0 Å². The Morgan fingerprint density at radius 1 is 1.37 bits per heavy atom. The molecule has 7 heteroatoms. The number of aromatic nitrogens is 3. The van der Waals surface area contributed by atoms with E-state index in [1.54, 1.807) is 16.0 Å². The van der Waals surface area contributed by atoms with E-state index in [0.717, 1.165) is 46.8 Å². The van der Waals surface area contributed by atoms with Crippen LogP contribution in [0.4, 0.5) is 0 Å². The summed E-state index contributed by atoms with van der Waals surface area (Å²) >= 11 is 1.63.